The maximum absolute atomic E-state index is 13.6. The molecule has 21 heavy (non-hydrogen) atoms. The molecule has 0 aliphatic heterocycles. The maximum atomic E-state index is 13.6. The van der Waals surface area contributed by atoms with Crippen LogP contribution in [0.3, 0.4) is 0 Å². The lowest BCUT2D eigenvalue weighted by Gasteiger charge is -2.10. The first-order valence-corrected chi connectivity index (χ1v) is 7.59. The van der Waals surface area contributed by atoms with E-state index >= 15 is 0 Å². The van der Waals surface area contributed by atoms with Gasteiger partial charge in [-0.1, -0.05) is 12.1 Å². The predicted octanol–water partition coefficient (Wildman–Crippen LogP) is 2.53. The number of ether oxygens (including phenoxy) is 1. The van der Waals surface area contributed by atoms with E-state index in [0.29, 0.717) is 5.75 Å². The first-order chi connectivity index (χ1) is 9.85. The second-order valence-electron chi connectivity index (χ2n) is 4.38. The molecule has 0 saturated heterocycles. The molecule has 0 radical (unpaired) electrons. The standard InChI is InChI=1S/C14H13F2NO3S/c1-20-10-5-6-12(17)13(7-10)21(18,19)8-9-3-2-4-11(15)14(9)16/h2-7H,8,17H2,1H3. The van der Waals surface area contributed by atoms with Crippen molar-refractivity contribution in [1.29, 1.82) is 0 Å². The van der Waals surface area contributed by atoms with E-state index in [4.69, 9.17) is 10.5 Å². The third-order valence-corrected chi connectivity index (χ3v) is 4.65. The smallest absolute Gasteiger partial charge is 0.184 e. The Morgan fingerprint density at radius 3 is 2.57 bits per heavy atom. The number of methoxy groups -OCH3 is 1. The number of sulfone groups is 1. The molecule has 7 heteroatoms. The summed E-state index contributed by atoms with van der Waals surface area (Å²) < 4.78 is 56.3. The van der Waals surface area contributed by atoms with E-state index in [2.05, 4.69) is 0 Å². The van der Waals surface area contributed by atoms with Gasteiger partial charge in [0.1, 0.15) is 5.75 Å². The minimum atomic E-state index is -3.93. The molecule has 0 aliphatic carbocycles. The molecule has 0 aliphatic rings. The molecule has 2 aromatic rings. The van der Waals surface area contributed by atoms with Crippen LogP contribution in [0.2, 0.25) is 0 Å². The molecule has 4 nitrogen and oxygen atoms in total. The zero-order valence-corrected chi connectivity index (χ0v) is 12.0. The molecular formula is C14H13F2NO3S. The van der Waals surface area contributed by atoms with Gasteiger partial charge in [-0.3, -0.25) is 0 Å². The summed E-state index contributed by atoms with van der Waals surface area (Å²) in [6.07, 6.45) is 0. The van der Waals surface area contributed by atoms with Crippen molar-refractivity contribution in [1.82, 2.24) is 0 Å². The number of hydrogen-bond acceptors (Lipinski definition) is 4. The summed E-state index contributed by atoms with van der Waals surface area (Å²) in [7, 11) is -2.54. The number of halogens is 2. The van der Waals surface area contributed by atoms with Crippen molar-refractivity contribution in [2.45, 2.75) is 10.6 Å². The average molecular weight is 313 g/mol. The van der Waals surface area contributed by atoms with Crippen LogP contribution in [-0.4, -0.2) is 15.5 Å². The molecule has 0 amide bonds. The highest BCUT2D eigenvalue weighted by atomic mass is 32.2. The van der Waals surface area contributed by atoms with Crippen LogP contribution in [0.1, 0.15) is 5.56 Å². The van der Waals surface area contributed by atoms with Crippen LogP contribution in [0.25, 0.3) is 0 Å². The van der Waals surface area contributed by atoms with Gasteiger partial charge in [-0.05, 0) is 18.2 Å². The molecule has 0 bridgehead atoms. The summed E-state index contributed by atoms with van der Waals surface area (Å²) in [4.78, 5) is -0.175. The quantitative estimate of drug-likeness (QED) is 0.881. The lowest BCUT2D eigenvalue weighted by molar-refractivity contribution is 0.413. The van der Waals surface area contributed by atoms with Gasteiger partial charge in [0.2, 0.25) is 0 Å². The van der Waals surface area contributed by atoms with Crippen LogP contribution >= 0.6 is 0 Å². The number of rotatable bonds is 4. The molecule has 112 valence electrons. The normalized spacial score (nSPS) is 11.4. The van der Waals surface area contributed by atoms with Crippen molar-refractivity contribution < 1.29 is 21.9 Å². The van der Waals surface area contributed by atoms with Crippen LogP contribution in [0.5, 0.6) is 5.75 Å². The zero-order chi connectivity index (χ0) is 15.6. The zero-order valence-electron chi connectivity index (χ0n) is 11.1. The van der Waals surface area contributed by atoms with E-state index in [0.717, 1.165) is 6.07 Å². The summed E-state index contributed by atoms with van der Waals surface area (Å²) in [5.41, 5.74) is 5.42. The predicted molar refractivity (Wildman–Crippen MR) is 74.7 cm³/mol. The van der Waals surface area contributed by atoms with Crippen LogP contribution in [-0.2, 0) is 15.6 Å². The van der Waals surface area contributed by atoms with Crippen molar-refractivity contribution in [2.24, 2.45) is 0 Å². The molecule has 0 aromatic heterocycles. The second-order valence-corrected chi connectivity index (χ2v) is 6.33. The van der Waals surface area contributed by atoms with E-state index < -0.39 is 27.2 Å². The molecule has 0 heterocycles. The van der Waals surface area contributed by atoms with Gasteiger partial charge in [-0.25, -0.2) is 17.2 Å². The first-order valence-electron chi connectivity index (χ1n) is 5.94. The number of nitrogen functional groups attached to an aromatic ring is 1. The number of nitrogens with two attached hydrogens (primary N) is 1. The fourth-order valence-corrected chi connectivity index (χ4v) is 3.36. The van der Waals surface area contributed by atoms with Crippen molar-refractivity contribution in [2.75, 3.05) is 12.8 Å². The molecule has 2 aromatic carbocycles. The Bertz CT molecular complexity index is 776. The Hall–Kier alpha value is -2.15. The minimum absolute atomic E-state index is 0.0209. The lowest BCUT2D eigenvalue weighted by Crippen LogP contribution is -2.10. The topological polar surface area (TPSA) is 69.4 Å². The second kappa shape index (κ2) is 5.69. The summed E-state index contributed by atoms with van der Waals surface area (Å²) in [5.74, 6) is -2.65. The Balaban J connectivity index is 2.46. The summed E-state index contributed by atoms with van der Waals surface area (Å²) >= 11 is 0. The highest BCUT2D eigenvalue weighted by Crippen LogP contribution is 2.27. The monoisotopic (exact) mass is 313 g/mol. The average Bonchev–Trinajstić information content (AvgIpc) is 2.44. The van der Waals surface area contributed by atoms with E-state index in [9.17, 15) is 17.2 Å². The fourth-order valence-electron chi connectivity index (χ4n) is 1.85. The van der Waals surface area contributed by atoms with E-state index in [1.54, 1.807) is 0 Å². The molecule has 0 atom stereocenters. The van der Waals surface area contributed by atoms with Gasteiger partial charge in [0.05, 0.1) is 23.4 Å². The molecule has 2 rings (SSSR count). The van der Waals surface area contributed by atoms with Crippen molar-refractivity contribution >= 4 is 15.5 Å². The summed E-state index contributed by atoms with van der Waals surface area (Å²) in [6.45, 7) is 0. The number of hydrogen-bond donors (Lipinski definition) is 1. The maximum Gasteiger partial charge on any atom is 0.184 e. The van der Waals surface area contributed by atoms with Gasteiger partial charge in [-0.15, -0.1) is 0 Å². The number of benzene rings is 2. The molecule has 0 unspecified atom stereocenters. The SMILES string of the molecule is COc1ccc(N)c(S(=O)(=O)Cc2cccc(F)c2F)c1. The lowest BCUT2D eigenvalue weighted by atomic mass is 10.2. The highest BCUT2D eigenvalue weighted by molar-refractivity contribution is 7.90. The van der Waals surface area contributed by atoms with Crippen molar-refractivity contribution in [3.63, 3.8) is 0 Å². The fraction of sp³-hybridized carbons (Fsp3) is 0.143. The van der Waals surface area contributed by atoms with Crippen molar-refractivity contribution in [3.05, 3.63) is 53.6 Å². The molecule has 0 saturated carbocycles. The van der Waals surface area contributed by atoms with Crippen LogP contribution in [0.4, 0.5) is 14.5 Å². The largest absolute Gasteiger partial charge is 0.497 e. The van der Waals surface area contributed by atoms with Gasteiger partial charge >= 0.3 is 0 Å². The molecule has 0 spiro atoms. The summed E-state index contributed by atoms with van der Waals surface area (Å²) in [6, 6.07) is 7.53. The van der Waals surface area contributed by atoms with Gasteiger partial charge in [0.15, 0.2) is 21.5 Å². The number of anilines is 1. The third-order valence-electron chi connectivity index (χ3n) is 2.93. The van der Waals surface area contributed by atoms with Gasteiger partial charge in [-0.2, -0.15) is 0 Å². The third kappa shape index (κ3) is 3.13. The van der Waals surface area contributed by atoms with Gasteiger partial charge < -0.3 is 10.5 Å². The Kier molecular flexibility index (Phi) is 4.13. The van der Waals surface area contributed by atoms with Crippen LogP contribution < -0.4 is 10.5 Å². The van der Waals surface area contributed by atoms with E-state index in [1.165, 1.54) is 37.4 Å². The first kappa shape index (κ1) is 15.2. The molecule has 2 N–H and O–H groups in total. The Morgan fingerprint density at radius 1 is 1.19 bits per heavy atom. The van der Waals surface area contributed by atoms with E-state index in [-0.39, 0.29) is 16.1 Å². The molecular weight excluding hydrogens is 300 g/mol. The Morgan fingerprint density at radius 2 is 1.90 bits per heavy atom. The van der Waals surface area contributed by atoms with Gasteiger partial charge in [0.25, 0.3) is 0 Å². The summed E-state index contributed by atoms with van der Waals surface area (Å²) in [5, 5.41) is 0. The van der Waals surface area contributed by atoms with Crippen LogP contribution in [0.15, 0.2) is 41.3 Å². The van der Waals surface area contributed by atoms with Gasteiger partial charge in [0, 0.05) is 11.6 Å². The highest BCUT2D eigenvalue weighted by Gasteiger charge is 2.22. The molecule has 0 fully saturated rings. The minimum Gasteiger partial charge on any atom is -0.497 e. The van der Waals surface area contributed by atoms with Crippen LogP contribution in [0, 0.1) is 11.6 Å². The van der Waals surface area contributed by atoms with E-state index in [1.807, 2.05) is 0 Å². The Labute approximate surface area is 121 Å². The van der Waals surface area contributed by atoms with Crippen molar-refractivity contribution in [3.8, 4) is 5.75 Å².